The van der Waals surface area contributed by atoms with Crippen LogP contribution in [0, 0.1) is 0 Å². The Kier molecular flexibility index (Phi) is 3.73. The predicted octanol–water partition coefficient (Wildman–Crippen LogP) is 2.17. The first-order valence-corrected chi connectivity index (χ1v) is 7.65. The highest BCUT2D eigenvalue weighted by molar-refractivity contribution is 5.80. The van der Waals surface area contributed by atoms with Crippen molar-refractivity contribution >= 4 is 5.69 Å². The standard InChI is InChI=1S/C17H17N5O/c1-3-15(21-9-11-23-12-10-21)17(19-5-1)14-4-7-18-13-16(14)22-8-2-6-20-22/h1-8,13H,9-12H2. The molecular weight excluding hydrogens is 290 g/mol. The maximum atomic E-state index is 5.46. The van der Waals surface area contributed by atoms with Crippen LogP contribution in [-0.4, -0.2) is 46.1 Å². The number of morpholine rings is 1. The molecule has 1 fully saturated rings. The number of pyridine rings is 2. The topological polar surface area (TPSA) is 56.1 Å². The second-order valence-corrected chi connectivity index (χ2v) is 5.31. The normalized spacial score (nSPS) is 14.9. The van der Waals surface area contributed by atoms with E-state index in [1.165, 1.54) is 0 Å². The fraction of sp³-hybridized carbons (Fsp3) is 0.235. The Balaban J connectivity index is 1.83. The summed E-state index contributed by atoms with van der Waals surface area (Å²) in [7, 11) is 0. The van der Waals surface area contributed by atoms with Crippen LogP contribution in [0.1, 0.15) is 0 Å². The van der Waals surface area contributed by atoms with Gasteiger partial charge in [0.05, 0.1) is 36.5 Å². The van der Waals surface area contributed by atoms with Crippen molar-refractivity contribution in [1.82, 2.24) is 19.7 Å². The van der Waals surface area contributed by atoms with Crippen LogP contribution in [0.15, 0.2) is 55.2 Å². The second-order valence-electron chi connectivity index (χ2n) is 5.31. The lowest BCUT2D eigenvalue weighted by Crippen LogP contribution is -2.36. The molecule has 0 atom stereocenters. The summed E-state index contributed by atoms with van der Waals surface area (Å²) in [6.07, 6.45) is 9.11. The van der Waals surface area contributed by atoms with Crippen LogP contribution in [0.25, 0.3) is 16.9 Å². The lowest BCUT2D eigenvalue weighted by Gasteiger charge is -2.30. The van der Waals surface area contributed by atoms with Gasteiger partial charge in [0.1, 0.15) is 0 Å². The molecular formula is C17H17N5O. The first-order valence-electron chi connectivity index (χ1n) is 7.65. The molecule has 0 amide bonds. The SMILES string of the molecule is c1cnc(-c2ccncc2-n2cccn2)c(N2CCOCC2)c1. The van der Waals surface area contributed by atoms with Crippen LogP contribution in [0.3, 0.4) is 0 Å². The Morgan fingerprint density at radius 2 is 1.87 bits per heavy atom. The van der Waals surface area contributed by atoms with E-state index in [4.69, 9.17) is 4.74 Å². The van der Waals surface area contributed by atoms with Gasteiger partial charge >= 0.3 is 0 Å². The molecule has 116 valence electrons. The van der Waals surface area contributed by atoms with Gasteiger partial charge in [-0.2, -0.15) is 5.10 Å². The van der Waals surface area contributed by atoms with E-state index in [1.807, 2.05) is 41.5 Å². The van der Waals surface area contributed by atoms with Gasteiger partial charge in [-0.15, -0.1) is 0 Å². The molecule has 0 spiro atoms. The minimum Gasteiger partial charge on any atom is -0.378 e. The van der Waals surface area contributed by atoms with Crippen molar-refractivity contribution < 1.29 is 4.74 Å². The number of anilines is 1. The Morgan fingerprint density at radius 1 is 0.957 bits per heavy atom. The lowest BCUT2D eigenvalue weighted by molar-refractivity contribution is 0.122. The number of rotatable bonds is 3. The molecule has 6 heteroatoms. The van der Waals surface area contributed by atoms with Crippen molar-refractivity contribution in [2.24, 2.45) is 0 Å². The zero-order valence-corrected chi connectivity index (χ0v) is 12.7. The smallest absolute Gasteiger partial charge is 0.0958 e. The molecule has 0 aromatic carbocycles. The monoisotopic (exact) mass is 307 g/mol. The molecule has 0 saturated carbocycles. The van der Waals surface area contributed by atoms with E-state index in [0.29, 0.717) is 0 Å². The molecule has 0 N–H and O–H groups in total. The molecule has 3 aromatic rings. The quantitative estimate of drug-likeness (QED) is 0.742. The molecule has 23 heavy (non-hydrogen) atoms. The summed E-state index contributed by atoms with van der Waals surface area (Å²) in [6.45, 7) is 3.25. The Hall–Kier alpha value is -2.73. The summed E-state index contributed by atoms with van der Waals surface area (Å²) in [6, 6.07) is 7.98. The van der Waals surface area contributed by atoms with Crippen molar-refractivity contribution in [3.05, 3.63) is 55.2 Å². The molecule has 1 aliphatic rings. The zero-order valence-electron chi connectivity index (χ0n) is 12.7. The average Bonchev–Trinajstić information content (AvgIpc) is 3.17. The molecule has 6 nitrogen and oxygen atoms in total. The van der Waals surface area contributed by atoms with Crippen molar-refractivity contribution in [2.45, 2.75) is 0 Å². The Labute approximate surface area is 134 Å². The van der Waals surface area contributed by atoms with Gasteiger partial charge in [-0.1, -0.05) is 0 Å². The van der Waals surface area contributed by atoms with Crippen molar-refractivity contribution in [1.29, 1.82) is 0 Å². The van der Waals surface area contributed by atoms with Gasteiger partial charge in [0, 0.05) is 43.4 Å². The van der Waals surface area contributed by atoms with Crippen LogP contribution in [-0.2, 0) is 4.74 Å². The van der Waals surface area contributed by atoms with E-state index in [2.05, 4.69) is 26.0 Å². The third-order valence-electron chi connectivity index (χ3n) is 3.94. The molecule has 0 radical (unpaired) electrons. The maximum Gasteiger partial charge on any atom is 0.0958 e. The molecule has 1 saturated heterocycles. The van der Waals surface area contributed by atoms with Crippen LogP contribution < -0.4 is 4.90 Å². The summed E-state index contributed by atoms with van der Waals surface area (Å²) in [5.41, 5.74) is 4.01. The van der Waals surface area contributed by atoms with E-state index in [1.54, 1.807) is 12.4 Å². The molecule has 1 aliphatic heterocycles. The number of ether oxygens (including phenoxy) is 1. The fourth-order valence-electron chi connectivity index (χ4n) is 2.84. The van der Waals surface area contributed by atoms with Crippen LogP contribution >= 0.6 is 0 Å². The largest absolute Gasteiger partial charge is 0.378 e. The Bertz CT molecular complexity index is 781. The third-order valence-corrected chi connectivity index (χ3v) is 3.94. The van der Waals surface area contributed by atoms with Gasteiger partial charge in [-0.05, 0) is 24.3 Å². The first kappa shape index (κ1) is 13.9. The first-order chi connectivity index (χ1) is 11.4. The molecule has 3 aromatic heterocycles. The van der Waals surface area contributed by atoms with Crippen LogP contribution in [0.4, 0.5) is 5.69 Å². The van der Waals surface area contributed by atoms with Gasteiger partial charge in [-0.25, -0.2) is 4.68 Å². The van der Waals surface area contributed by atoms with Crippen LogP contribution in [0.5, 0.6) is 0 Å². The number of nitrogens with zero attached hydrogens (tertiary/aromatic N) is 5. The molecule has 0 aliphatic carbocycles. The van der Waals surface area contributed by atoms with Crippen molar-refractivity contribution in [2.75, 3.05) is 31.2 Å². The fourth-order valence-corrected chi connectivity index (χ4v) is 2.84. The van der Waals surface area contributed by atoms with Gasteiger partial charge < -0.3 is 9.64 Å². The average molecular weight is 307 g/mol. The highest BCUT2D eigenvalue weighted by atomic mass is 16.5. The van der Waals surface area contributed by atoms with Crippen molar-refractivity contribution in [3.63, 3.8) is 0 Å². The van der Waals surface area contributed by atoms with Crippen LogP contribution in [0.2, 0.25) is 0 Å². The van der Waals surface area contributed by atoms with E-state index < -0.39 is 0 Å². The van der Waals surface area contributed by atoms with E-state index in [0.717, 1.165) is 48.9 Å². The summed E-state index contributed by atoms with van der Waals surface area (Å²) in [5.74, 6) is 0. The lowest BCUT2D eigenvalue weighted by atomic mass is 10.1. The molecule has 4 rings (SSSR count). The summed E-state index contributed by atoms with van der Waals surface area (Å²) in [4.78, 5) is 11.2. The molecule has 0 bridgehead atoms. The minimum atomic E-state index is 0.747. The number of hydrogen-bond acceptors (Lipinski definition) is 5. The number of hydrogen-bond donors (Lipinski definition) is 0. The number of aromatic nitrogens is 4. The summed E-state index contributed by atoms with van der Waals surface area (Å²) >= 11 is 0. The van der Waals surface area contributed by atoms with E-state index in [9.17, 15) is 0 Å². The van der Waals surface area contributed by atoms with E-state index in [-0.39, 0.29) is 0 Å². The second kappa shape index (κ2) is 6.18. The third kappa shape index (κ3) is 2.68. The van der Waals surface area contributed by atoms with E-state index >= 15 is 0 Å². The van der Waals surface area contributed by atoms with Gasteiger partial charge in [0.2, 0.25) is 0 Å². The highest BCUT2D eigenvalue weighted by Gasteiger charge is 2.18. The van der Waals surface area contributed by atoms with Gasteiger partial charge in [0.25, 0.3) is 0 Å². The highest BCUT2D eigenvalue weighted by Crippen LogP contribution is 2.32. The summed E-state index contributed by atoms with van der Waals surface area (Å²) < 4.78 is 7.28. The van der Waals surface area contributed by atoms with Gasteiger partial charge in [0.15, 0.2) is 0 Å². The summed E-state index contributed by atoms with van der Waals surface area (Å²) in [5, 5.41) is 4.33. The maximum absolute atomic E-state index is 5.46. The van der Waals surface area contributed by atoms with Gasteiger partial charge in [-0.3, -0.25) is 9.97 Å². The predicted molar refractivity (Wildman–Crippen MR) is 87.6 cm³/mol. The molecule has 4 heterocycles. The zero-order chi connectivity index (χ0) is 15.5. The Morgan fingerprint density at radius 3 is 2.70 bits per heavy atom. The van der Waals surface area contributed by atoms with Crippen molar-refractivity contribution in [3.8, 4) is 16.9 Å². The molecule has 0 unspecified atom stereocenters. The minimum absolute atomic E-state index is 0.747.